The minimum absolute atomic E-state index is 0.0856. The molecular formula is C17H27N3O. The maximum Gasteiger partial charge on any atom is 0.224 e. The first kappa shape index (κ1) is 16.0. The molecule has 0 heterocycles. The number of amides is 1. The van der Waals surface area contributed by atoms with Crippen molar-refractivity contribution in [1.29, 1.82) is 0 Å². The number of nitrogens with one attached hydrogen (secondary N) is 1. The molecule has 0 saturated heterocycles. The van der Waals surface area contributed by atoms with E-state index in [1.54, 1.807) is 0 Å². The van der Waals surface area contributed by atoms with Crippen LogP contribution in [-0.4, -0.2) is 30.9 Å². The molecule has 21 heavy (non-hydrogen) atoms. The molecule has 0 aromatic heterocycles. The number of nitrogens with zero attached hydrogens (tertiary/aromatic N) is 1. The number of hydrogen-bond acceptors (Lipinski definition) is 3. The van der Waals surface area contributed by atoms with Crippen LogP contribution in [0.2, 0.25) is 0 Å². The minimum Gasteiger partial charge on any atom is -0.327 e. The Morgan fingerprint density at radius 3 is 2.76 bits per heavy atom. The lowest BCUT2D eigenvalue weighted by Crippen LogP contribution is -2.28. The quantitative estimate of drug-likeness (QED) is 0.875. The van der Waals surface area contributed by atoms with E-state index < -0.39 is 0 Å². The van der Waals surface area contributed by atoms with E-state index in [9.17, 15) is 4.79 Å². The van der Waals surface area contributed by atoms with Crippen molar-refractivity contribution >= 4 is 11.6 Å². The highest BCUT2D eigenvalue weighted by Gasteiger charge is 2.26. The highest BCUT2D eigenvalue weighted by molar-refractivity contribution is 5.91. The Bertz CT molecular complexity index is 499. The van der Waals surface area contributed by atoms with Gasteiger partial charge in [-0.15, -0.1) is 0 Å². The minimum atomic E-state index is 0.0856. The maximum absolute atomic E-state index is 12.2. The molecule has 1 amide bonds. The standard InChI is InChI=1S/C17H27N3O/c1-12-7-8-13(11-20(2)3)9-16(12)19-17(21)10-14-5-4-6-15(14)18/h7-9,14-15H,4-6,10-11,18H2,1-3H3,(H,19,21)/t14-,15+/m0/s1. The molecule has 1 saturated carbocycles. The average Bonchev–Trinajstić information content (AvgIpc) is 2.78. The van der Waals surface area contributed by atoms with Gasteiger partial charge in [-0.25, -0.2) is 0 Å². The first-order valence-electron chi connectivity index (χ1n) is 7.75. The van der Waals surface area contributed by atoms with E-state index in [1.807, 2.05) is 21.0 Å². The van der Waals surface area contributed by atoms with Crippen molar-refractivity contribution in [2.75, 3.05) is 19.4 Å². The van der Waals surface area contributed by atoms with Crippen molar-refractivity contribution in [3.05, 3.63) is 29.3 Å². The monoisotopic (exact) mass is 289 g/mol. The summed E-state index contributed by atoms with van der Waals surface area (Å²) < 4.78 is 0. The predicted octanol–water partition coefficient (Wildman–Crippen LogP) is 2.51. The Balaban J connectivity index is 1.99. The summed E-state index contributed by atoms with van der Waals surface area (Å²) in [7, 11) is 4.08. The zero-order valence-corrected chi connectivity index (χ0v) is 13.4. The summed E-state index contributed by atoms with van der Waals surface area (Å²) in [5.74, 6) is 0.428. The van der Waals surface area contributed by atoms with Crippen molar-refractivity contribution in [3.8, 4) is 0 Å². The molecule has 4 nitrogen and oxygen atoms in total. The molecule has 3 N–H and O–H groups in total. The molecule has 0 bridgehead atoms. The fraction of sp³-hybridized carbons (Fsp3) is 0.588. The number of rotatable bonds is 5. The average molecular weight is 289 g/mol. The maximum atomic E-state index is 12.2. The van der Waals surface area contributed by atoms with Gasteiger partial charge in [0.15, 0.2) is 0 Å². The second-order valence-electron chi connectivity index (χ2n) is 6.49. The third kappa shape index (κ3) is 4.55. The Hall–Kier alpha value is -1.39. The number of hydrogen-bond donors (Lipinski definition) is 2. The highest BCUT2D eigenvalue weighted by atomic mass is 16.1. The van der Waals surface area contributed by atoms with E-state index in [0.717, 1.165) is 37.1 Å². The second-order valence-corrected chi connectivity index (χ2v) is 6.49. The van der Waals surface area contributed by atoms with E-state index in [-0.39, 0.29) is 11.9 Å². The van der Waals surface area contributed by atoms with E-state index in [0.29, 0.717) is 12.3 Å². The summed E-state index contributed by atoms with van der Waals surface area (Å²) in [5, 5.41) is 3.06. The smallest absolute Gasteiger partial charge is 0.224 e. The summed E-state index contributed by atoms with van der Waals surface area (Å²) in [6.45, 7) is 2.90. The SMILES string of the molecule is Cc1ccc(CN(C)C)cc1NC(=O)C[C@@H]1CCC[C@H]1N. The Labute approximate surface area is 127 Å². The Morgan fingerprint density at radius 2 is 2.14 bits per heavy atom. The molecule has 1 aliphatic rings. The number of carbonyl (C=O) groups is 1. The van der Waals surface area contributed by atoms with Gasteiger partial charge in [-0.2, -0.15) is 0 Å². The van der Waals surface area contributed by atoms with Crippen molar-refractivity contribution in [2.24, 2.45) is 11.7 Å². The van der Waals surface area contributed by atoms with Gasteiger partial charge in [-0.1, -0.05) is 18.6 Å². The van der Waals surface area contributed by atoms with Crippen LogP contribution >= 0.6 is 0 Å². The normalized spacial score (nSPS) is 21.8. The van der Waals surface area contributed by atoms with Crippen LogP contribution in [0.5, 0.6) is 0 Å². The molecule has 116 valence electrons. The van der Waals surface area contributed by atoms with Crippen LogP contribution in [0.4, 0.5) is 5.69 Å². The molecule has 2 atom stereocenters. The molecule has 0 spiro atoms. The molecule has 4 heteroatoms. The van der Waals surface area contributed by atoms with Gasteiger partial charge in [-0.3, -0.25) is 4.79 Å². The molecule has 0 aliphatic heterocycles. The summed E-state index contributed by atoms with van der Waals surface area (Å²) in [5.41, 5.74) is 9.27. The lowest BCUT2D eigenvalue weighted by molar-refractivity contribution is -0.117. The first-order chi connectivity index (χ1) is 9.95. The van der Waals surface area contributed by atoms with Gasteiger partial charge < -0.3 is 16.0 Å². The zero-order valence-electron chi connectivity index (χ0n) is 13.4. The van der Waals surface area contributed by atoms with Crippen LogP contribution in [-0.2, 0) is 11.3 Å². The van der Waals surface area contributed by atoms with Crippen LogP contribution in [0.3, 0.4) is 0 Å². The molecule has 0 radical (unpaired) electrons. The van der Waals surface area contributed by atoms with Gasteiger partial charge in [0.2, 0.25) is 5.91 Å². The van der Waals surface area contributed by atoms with Crippen LogP contribution < -0.4 is 11.1 Å². The van der Waals surface area contributed by atoms with E-state index in [4.69, 9.17) is 5.73 Å². The van der Waals surface area contributed by atoms with Gasteiger partial charge in [-0.05, 0) is 57.0 Å². The predicted molar refractivity (Wildman–Crippen MR) is 87.1 cm³/mol. The topological polar surface area (TPSA) is 58.4 Å². The fourth-order valence-corrected chi connectivity index (χ4v) is 3.03. The van der Waals surface area contributed by atoms with Crippen LogP contribution in [0.25, 0.3) is 0 Å². The molecule has 1 fully saturated rings. The lowest BCUT2D eigenvalue weighted by Gasteiger charge is -2.17. The van der Waals surface area contributed by atoms with Crippen molar-refractivity contribution in [1.82, 2.24) is 4.90 Å². The summed E-state index contributed by atoms with van der Waals surface area (Å²) in [4.78, 5) is 14.3. The van der Waals surface area contributed by atoms with Gasteiger partial charge in [0.25, 0.3) is 0 Å². The van der Waals surface area contributed by atoms with E-state index in [2.05, 4.69) is 28.4 Å². The van der Waals surface area contributed by atoms with Crippen LogP contribution in [0, 0.1) is 12.8 Å². The largest absolute Gasteiger partial charge is 0.327 e. The van der Waals surface area contributed by atoms with Gasteiger partial charge in [0, 0.05) is 24.7 Å². The first-order valence-corrected chi connectivity index (χ1v) is 7.75. The van der Waals surface area contributed by atoms with E-state index in [1.165, 1.54) is 5.56 Å². The van der Waals surface area contributed by atoms with Crippen molar-refractivity contribution in [2.45, 2.75) is 45.2 Å². The summed E-state index contributed by atoms with van der Waals surface area (Å²) >= 11 is 0. The third-order valence-corrected chi connectivity index (χ3v) is 4.24. The molecule has 1 aromatic carbocycles. The molecule has 1 aliphatic carbocycles. The van der Waals surface area contributed by atoms with E-state index >= 15 is 0 Å². The number of carbonyl (C=O) groups excluding carboxylic acids is 1. The number of benzene rings is 1. The molecule has 2 rings (SSSR count). The Kier molecular flexibility index (Phi) is 5.37. The van der Waals surface area contributed by atoms with Crippen molar-refractivity contribution < 1.29 is 4.79 Å². The van der Waals surface area contributed by atoms with Gasteiger partial charge in [0.1, 0.15) is 0 Å². The second kappa shape index (κ2) is 7.05. The fourth-order valence-electron chi connectivity index (χ4n) is 3.03. The highest BCUT2D eigenvalue weighted by Crippen LogP contribution is 2.27. The number of aryl methyl sites for hydroxylation is 1. The number of nitrogens with two attached hydrogens (primary N) is 1. The molecular weight excluding hydrogens is 262 g/mol. The summed E-state index contributed by atoms with van der Waals surface area (Å²) in [6, 6.07) is 6.44. The lowest BCUT2D eigenvalue weighted by atomic mass is 9.99. The molecule has 1 aromatic rings. The Morgan fingerprint density at radius 1 is 1.38 bits per heavy atom. The number of anilines is 1. The van der Waals surface area contributed by atoms with Gasteiger partial charge >= 0.3 is 0 Å². The molecule has 0 unspecified atom stereocenters. The zero-order chi connectivity index (χ0) is 15.4. The summed E-state index contributed by atoms with van der Waals surface area (Å²) in [6.07, 6.45) is 3.82. The van der Waals surface area contributed by atoms with Crippen molar-refractivity contribution in [3.63, 3.8) is 0 Å². The van der Waals surface area contributed by atoms with Crippen LogP contribution in [0.15, 0.2) is 18.2 Å². The van der Waals surface area contributed by atoms with Crippen LogP contribution in [0.1, 0.15) is 36.8 Å². The van der Waals surface area contributed by atoms with Gasteiger partial charge in [0.05, 0.1) is 0 Å². The third-order valence-electron chi connectivity index (χ3n) is 4.24.